The topological polar surface area (TPSA) is 50.9 Å². The number of anilines is 1. The lowest BCUT2D eigenvalue weighted by Gasteiger charge is -2.31. The summed E-state index contributed by atoms with van der Waals surface area (Å²) in [5.74, 6) is 1.55. The first-order valence-electron chi connectivity index (χ1n) is 5.88. The van der Waals surface area contributed by atoms with Gasteiger partial charge in [-0.2, -0.15) is 0 Å². The van der Waals surface area contributed by atoms with Crippen LogP contribution in [0.5, 0.6) is 0 Å². The number of nitrogens with one attached hydrogen (secondary N) is 1. The maximum atomic E-state index is 5.80. The summed E-state index contributed by atoms with van der Waals surface area (Å²) in [4.78, 5) is 4.34. The summed E-state index contributed by atoms with van der Waals surface area (Å²) in [5, 5.41) is 3.50. The molecule has 1 aromatic heterocycles. The summed E-state index contributed by atoms with van der Waals surface area (Å²) < 4.78 is 1.01. The summed E-state index contributed by atoms with van der Waals surface area (Å²) in [5.41, 5.74) is 5.80. The second-order valence-corrected chi connectivity index (χ2v) is 5.31. The molecule has 3 N–H and O–H groups in total. The lowest BCUT2D eigenvalue weighted by Crippen LogP contribution is -2.36. The van der Waals surface area contributed by atoms with E-state index in [0.717, 1.165) is 16.8 Å². The van der Waals surface area contributed by atoms with Crippen LogP contribution in [0.25, 0.3) is 0 Å². The molecule has 2 atom stereocenters. The minimum atomic E-state index is 0.493. The number of aromatic nitrogens is 1. The Bertz CT molecular complexity index is 326. The minimum Gasteiger partial charge on any atom is -0.367 e. The zero-order valence-corrected chi connectivity index (χ0v) is 10.9. The Kier molecular flexibility index (Phi) is 4.18. The van der Waals surface area contributed by atoms with Crippen LogP contribution in [-0.2, 0) is 0 Å². The van der Waals surface area contributed by atoms with Gasteiger partial charge in [-0.05, 0) is 53.4 Å². The van der Waals surface area contributed by atoms with Crippen LogP contribution in [0, 0.1) is 5.92 Å². The fraction of sp³-hybridized carbons (Fsp3) is 0.583. The van der Waals surface area contributed by atoms with Crippen LogP contribution in [0.4, 0.5) is 5.82 Å². The van der Waals surface area contributed by atoms with Crippen LogP contribution < -0.4 is 11.1 Å². The molecule has 0 aliphatic heterocycles. The summed E-state index contributed by atoms with van der Waals surface area (Å²) in [7, 11) is 0. The summed E-state index contributed by atoms with van der Waals surface area (Å²) >= 11 is 3.39. The average molecular weight is 284 g/mol. The number of halogens is 1. The highest BCUT2D eigenvalue weighted by Gasteiger charge is 2.23. The highest BCUT2D eigenvalue weighted by atomic mass is 79.9. The largest absolute Gasteiger partial charge is 0.367 e. The first-order chi connectivity index (χ1) is 7.79. The SMILES string of the molecule is NCC1CCCCC1Nc1ccc(Br)cn1. The van der Waals surface area contributed by atoms with Crippen molar-refractivity contribution < 1.29 is 0 Å². The molecule has 1 saturated carbocycles. The molecule has 0 saturated heterocycles. The molecule has 1 aliphatic rings. The van der Waals surface area contributed by atoms with Gasteiger partial charge in [0.15, 0.2) is 0 Å². The van der Waals surface area contributed by atoms with Gasteiger partial charge in [0, 0.05) is 16.7 Å². The van der Waals surface area contributed by atoms with Gasteiger partial charge in [0.25, 0.3) is 0 Å². The molecule has 0 aromatic carbocycles. The van der Waals surface area contributed by atoms with E-state index in [1.807, 2.05) is 18.3 Å². The summed E-state index contributed by atoms with van der Waals surface area (Å²) in [6.45, 7) is 0.772. The quantitative estimate of drug-likeness (QED) is 0.897. The van der Waals surface area contributed by atoms with E-state index in [1.165, 1.54) is 25.7 Å². The molecule has 4 heteroatoms. The Morgan fingerprint density at radius 1 is 1.38 bits per heavy atom. The predicted octanol–water partition coefficient (Wildman–Crippen LogP) is 2.77. The van der Waals surface area contributed by atoms with Gasteiger partial charge in [0.1, 0.15) is 5.82 Å². The van der Waals surface area contributed by atoms with Gasteiger partial charge in [0.05, 0.1) is 0 Å². The van der Waals surface area contributed by atoms with Crippen LogP contribution in [0.1, 0.15) is 25.7 Å². The van der Waals surface area contributed by atoms with Gasteiger partial charge in [0.2, 0.25) is 0 Å². The molecule has 1 fully saturated rings. The van der Waals surface area contributed by atoms with Crippen molar-refractivity contribution in [3.05, 3.63) is 22.8 Å². The molecule has 2 rings (SSSR count). The standard InChI is InChI=1S/C12H18BrN3/c13-10-5-6-12(15-8-10)16-11-4-2-1-3-9(11)7-14/h5-6,8-9,11H,1-4,7,14H2,(H,15,16). The third-order valence-corrected chi connectivity index (χ3v) is 3.74. The molecular weight excluding hydrogens is 266 g/mol. The van der Waals surface area contributed by atoms with E-state index >= 15 is 0 Å². The molecule has 88 valence electrons. The molecule has 1 heterocycles. The van der Waals surface area contributed by atoms with E-state index in [4.69, 9.17) is 5.73 Å². The maximum Gasteiger partial charge on any atom is 0.126 e. The molecule has 16 heavy (non-hydrogen) atoms. The second kappa shape index (κ2) is 5.64. The van der Waals surface area contributed by atoms with E-state index in [2.05, 4.69) is 26.2 Å². The molecule has 1 aromatic rings. The fourth-order valence-corrected chi connectivity index (χ4v) is 2.57. The van der Waals surface area contributed by atoms with Crippen molar-refractivity contribution in [3.63, 3.8) is 0 Å². The Morgan fingerprint density at radius 2 is 2.19 bits per heavy atom. The third kappa shape index (κ3) is 2.95. The molecular formula is C12H18BrN3. The van der Waals surface area contributed by atoms with Gasteiger partial charge in [-0.1, -0.05) is 12.8 Å². The molecule has 2 unspecified atom stereocenters. The fourth-order valence-electron chi connectivity index (χ4n) is 2.33. The molecule has 0 bridgehead atoms. The van der Waals surface area contributed by atoms with Crippen molar-refractivity contribution in [2.75, 3.05) is 11.9 Å². The highest BCUT2D eigenvalue weighted by molar-refractivity contribution is 9.10. The van der Waals surface area contributed by atoms with Gasteiger partial charge in [-0.25, -0.2) is 4.98 Å². The first-order valence-corrected chi connectivity index (χ1v) is 6.67. The maximum absolute atomic E-state index is 5.80. The van der Waals surface area contributed by atoms with Gasteiger partial charge >= 0.3 is 0 Å². The first kappa shape index (κ1) is 11.9. The monoisotopic (exact) mass is 283 g/mol. The zero-order chi connectivity index (χ0) is 11.4. The van der Waals surface area contributed by atoms with Crippen molar-refractivity contribution in [1.29, 1.82) is 0 Å². The van der Waals surface area contributed by atoms with E-state index in [9.17, 15) is 0 Å². The van der Waals surface area contributed by atoms with Crippen molar-refractivity contribution in [2.24, 2.45) is 11.7 Å². The van der Waals surface area contributed by atoms with Gasteiger partial charge < -0.3 is 11.1 Å². The van der Waals surface area contributed by atoms with Crippen molar-refractivity contribution in [2.45, 2.75) is 31.7 Å². The molecule has 0 spiro atoms. The van der Waals surface area contributed by atoms with E-state index < -0.39 is 0 Å². The molecule has 3 nitrogen and oxygen atoms in total. The van der Waals surface area contributed by atoms with E-state index in [0.29, 0.717) is 12.0 Å². The van der Waals surface area contributed by atoms with E-state index in [1.54, 1.807) is 0 Å². The van der Waals surface area contributed by atoms with Crippen LogP contribution in [-0.4, -0.2) is 17.6 Å². The Balaban J connectivity index is 1.99. The third-order valence-electron chi connectivity index (χ3n) is 3.27. The predicted molar refractivity (Wildman–Crippen MR) is 70.4 cm³/mol. The Labute approximate surface area is 105 Å². The van der Waals surface area contributed by atoms with Crippen molar-refractivity contribution >= 4 is 21.7 Å². The number of pyridine rings is 1. The molecule has 0 radical (unpaired) electrons. The van der Waals surface area contributed by atoms with Crippen LogP contribution in [0.15, 0.2) is 22.8 Å². The Morgan fingerprint density at radius 3 is 2.88 bits per heavy atom. The van der Waals surface area contributed by atoms with E-state index in [-0.39, 0.29) is 0 Å². The average Bonchev–Trinajstić information content (AvgIpc) is 2.33. The van der Waals surface area contributed by atoms with Crippen molar-refractivity contribution in [1.82, 2.24) is 4.98 Å². The lowest BCUT2D eigenvalue weighted by molar-refractivity contribution is 0.332. The Hall–Kier alpha value is -0.610. The summed E-state index contributed by atoms with van der Waals surface area (Å²) in [6, 6.07) is 4.51. The molecule has 1 aliphatic carbocycles. The van der Waals surface area contributed by atoms with Crippen LogP contribution in [0.3, 0.4) is 0 Å². The number of rotatable bonds is 3. The minimum absolute atomic E-state index is 0.493. The van der Waals surface area contributed by atoms with Gasteiger partial charge in [-0.15, -0.1) is 0 Å². The summed E-state index contributed by atoms with van der Waals surface area (Å²) in [6.07, 6.45) is 6.88. The zero-order valence-electron chi connectivity index (χ0n) is 9.32. The lowest BCUT2D eigenvalue weighted by atomic mass is 9.84. The van der Waals surface area contributed by atoms with Gasteiger partial charge in [-0.3, -0.25) is 0 Å². The second-order valence-electron chi connectivity index (χ2n) is 4.39. The normalized spacial score (nSPS) is 25.4. The number of nitrogens with two attached hydrogens (primary N) is 1. The number of nitrogens with zero attached hydrogens (tertiary/aromatic N) is 1. The highest BCUT2D eigenvalue weighted by Crippen LogP contribution is 2.26. The smallest absolute Gasteiger partial charge is 0.126 e. The van der Waals surface area contributed by atoms with Crippen molar-refractivity contribution in [3.8, 4) is 0 Å². The molecule has 0 amide bonds. The van der Waals surface area contributed by atoms with Crippen LogP contribution >= 0.6 is 15.9 Å². The number of hydrogen-bond acceptors (Lipinski definition) is 3. The van der Waals surface area contributed by atoms with Crippen LogP contribution in [0.2, 0.25) is 0 Å². The number of hydrogen-bond donors (Lipinski definition) is 2.